The molecule has 3 aromatic rings. The topological polar surface area (TPSA) is 476 Å². The van der Waals surface area contributed by atoms with Crippen LogP contribution in [-0.2, 0) is 54.5 Å². The van der Waals surface area contributed by atoms with Crippen molar-refractivity contribution in [3.05, 3.63) is 41.7 Å². The number of benzene rings is 1. The van der Waals surface area contributed by atoms with Gasteiger partial charge in [0.2, 0.25) is 29.6 Å². The second-order valence-corrected chi connectivity index (χ2v) is 15.2. The van der Waals surface area contributed by atoms with E-state index in [4.69, 9.17) is 16.6 Å². The van der Waals surface area contributed by atoms with Gasteiger partial charge in [0, 0.05) is 50.4 Å². The van der Waals surface area contributed by atoms with Crippen molar-refractivity contribution in [2.24, 2.45) is 0 Å². The maximum absolute atomic E-state index is 13.0. The fraction of sp³-hybridized carbons (Fsp3) is 0.425. The molecule has 29 nitrogen and oxygen atoms in total. The van der Waals surface area contributed by atoms with Gasteiger partial charge in [0.05, 0.1) is 18.4 Å². The minimum atomic E-state index is -1.73. The molecule has 1 aromatic carbocycles. The minimum Gasteiger partial charge on any atom is -0.481 e. The van der Waals surface area contributed by atoms with Gasteiger partial charge in [-0.05, 0) is 56.4 Å². The van der Waals surface area contributed by atoms with Crippen LogP contribution in [0.25, 0.3) is 11.2 Å². The van der Waals surface area contributed by atoms with Crippen molar-refractivity contribution >= 4 is 94.0 Å². The molecule has 15 N–H and O–H groups in total. The quantitative estimate of drug-likeness (QED) is 0.0347. The fourth-order valence-electron chi connectivity index (χ4n) is 6.22. The van der Waals surface area contributed by atoms with E-state index in [-0.39, 0.29) is 35.0 Å². The number of carbonyl (C=O) groups excluding carboxylic acids is 5. The van der Waals surface area contributed by atoms with Gasteiger partial charge >= 0.3 is 35.8 Å². The smallest absolute Gasteiger partial charge is 0.326 e. The van der Waals surface area contributed by atoms with E-state index in [9.17, 15) is 78.3 Å². The number of anilines is 3. The molecule has 0 saturated carbocycles. The predicted octanol–water partition coefficient (Wildman–Crippen LogP) is -2.33. The lowest BCUT2D eigenvalue weighted by Crippen LogP contribution is -2.46. The lowest BCUT2D eigenvalue weighted by Gasteiger charge is -2.20. The molecule has 0 aliphatic rings. The molecule has 29 heteroatoms. The summed E-state index contributed by atoms with van der Waals surface area (Å²) in [6.45, 7) is 0.252. The first-order valence-corrected chi connectivity index (χ1v) is 20.6. The van der Waals surface area contributed by atoms with Gasteiger partial charge in [-0.25, -0.2) is 33.9 Å². The standard InChI is InChI=1S/C40H50N12O17/c1-52(17-19-16-43-33-31(44-19)32(41)50-40(42)51-33)20-4-2-18(3-5-20)34(59)49-25(39(68)69)9-14-29(56)47-23(37(64)65)7-12-27(54)45-21(35(60)61)6-11-26(53)46-22(36(62)63)8-13-28(55)48-24(38(66)67)10-15-30(57)58/h2-5,16,21-25H,6-15,17H2,1H3,(H,45,54)(H,46,53)(H,47,56)(H,48,55)(H,49,59)(H,57,58)(H,60,61)(H,62,63)(H,64,65)(H,66,67)(H,68,69)(H4,41,42,43,50,51). The van der Waals surface area contributed by atoms with Gasteiger partial charge in [0.1, 0.15) is 30.2 Å². The average Bonchev–Trinajstić information content (AvgIpc) is 3.27. The summed E-state index contributed by atoms with van der Waals surface area (Å²) >= 11 is 0. The number of carboxylic acid groups (broad SMARTS) is 6. The van der Waals surface area contributed by atoms with Crippen LogP contribution in [0.3, 0.4) is 0 Å². The molecule has 0 fully saturated rings. The highest BCUT2D eigenvalue weighted by molar-refractivity contribution is 5.97. The number of nitrogens with two attached hydrogens (primary N) is 2. The summed E-state index contributed by atoms with van der Waals surface area (Å²) in [6.07, 6.45) is -4.22. The maximum atomic E-state index is 13.0. The molecule has 0 aliphatic heterocycles. The van der Waals surface area contributed by atoms with Crippen molar-refractivity contribution in [3.63, 3.8) is 0 Å². The summed E-state index contributed by atoms with van der Waals surface area (Å²) < 4.78 is 0. The van der Waals surface area contributed by atoms with E-state index in [0.717, 1.165) is 0 Å². The van der Waals surface area contributed by atoms with E-state index in [2.05, 4.69) is 46.5 Å². The van der Waals surface area contributed by atoms with E-state index in [1.807, 2.05) is 0 Å². The van der Waals surface area contributed by atoms with E-state index < -0.39 is 160 Å². The molecule has 2 aromatic heterocycles. The molecule has 372 valence electrons. The van der Waals surface area contributed by atoms with Crippen LogP contribution in [0, 0.1) is 0 Å². The Morgan fingerprint density at radius 3 is 1.29 bits per heavy atom. The van der Waals surface area contributed by atoms with E-state index in [1.54, 1.807) is 24.1 Å². The third-order valence-corrected chi connectivity index (χ3v) is 9.89. The predicted molar refractivity (Wildman–Crippen MR) is 233 cm³/mol. The summed E-state index contributed by atoms with van der Waals surface area (Å²) in [5, 5.41) is 67.1. The molecule has 0 spiro atoms. The largest absolute Gasteiger partial charge is 0.481 e. The van der Waals surface area contributed by atoms with Crippen LogP contribution in [0.1, 0.15) is 80.3 Å². The lowest BCUT2D eigenvalue weighted by atomic mass is 10.1. The highest BCUT2D eigenvalue weighted by Gasteiger charge is 2.28. The number of aromatic nitrogens is 4. The van der Waals surface area contributed by atoms with Crippen LogP contribution < -0.4 is 43.0 Å². The highest BCUT2D eigenvalue weighted by Crippen LogP contribution is 2.19. The summed E-state index contributed by atoms with van der Waals surface area (Å²) in [7, 11) is 1.74. The number of aliphatic carboxylic acids is 6. The Labute approximate surface area is 389 Å². The number of amides is 5. The first-order chi connectivity index (χ1) is 32.4. The van der Waals surface area contributed by atoms with Crippen molar-refractivity contribution in [1.29, 1.82) is 0 Å². The lowest BCUT2D eigenvalue weighted by molar-refractivity contribution is -0.144. The van der Waals surface area contributed by atoms with Crippen LogP contribution in [0.5, 0.6) is 0 Å². The molecule has 0 radical (unpaired) electrons. The molecule has 2 heterocycles. The number of hydrogen-bond acceptors (Lipinski definition) is 18. The van der Waals surface area contributed by atoms with Crippen LogP contribution in [-0.4, -0.2) is 153 Å². The normalized spacial score (nSPS) is 13.0. The molecule has 0 aliphatic carbocycles. The zero-order chi connectivity index (χ0) is 51.5. The van der Waals surface area contributed by atoms with Gasteiger partial charge in [-0.3, -0.25) is 28.8 Å². The summed E-state index contributed by atoms with van der Waals surface area (Å²) in [5.74, 6) is -13.9. The van der Waals surface area contributed by atoms with Crippen molar-refractivity contribution < 1.29 is 83.4 Å². The first kappa shape index (κ1) is 54.5. The molecular weight excluding hydrogens is 921 g/mol. The number of nitrogen functional groups attached to an aromatic ring is 2. The highest BCUT2D eigenvalue weighted by atomic mass is 16.4. The molecule has 3 rings (SSSR count). The van der Waals surface area contributed by atoms with Gasteiger partial charge in [0.25, 0.3) is 5.91 Å². The maximum Gasteiger partial charge on any atom is 0.326 e. The first-order valence-electron chi connectivity index (χ1n) is 20.6. The molecule has 5 unspecified atom stereocenters. The third kappa shape index (κ3) is 18.2. The van der Waals surface area contributed by atoms with Gasteiger partial charge in [-0.15, -0.1) is 0 Å². The van der Waals surface area contributed by atoms with Gasteiger partial charge < -0.3 is 73.6 Å². The Hall–Kier alpha value is -8.79. The van der Waals surface area contributed by atoms with Crippen LogP contribution in [0.2, 0.25) is 0 Å². The number of fused-ring (bicyclic) bond motifs is 1. The van der Waals surface area contributed by atoms with Crippen LogP contribution in [0.4, 0.5) is 17.5 Å². The Balaban J connectivity index is 1.46. The van der Waals surface area contributed by atoms with E-state index >= 15 is 0 Å². The van der Waals surface area contributed by atoms with Crippen LogP contribution >= 0.6 is 0 Å². The minimum absolute atomic E-state index is 0.0522. The Morgan fingerprint density at radius 1 is 0.536 bits per heavy atom. The van der Waals surface area contributed by atoms with Crippen molar-refractivity contribution in [2.75, 3.05) is 23.4 Å². The number of rotatable bonds is 29. The number of nitrogens with one attached hydrogen (secondary N) is 5. The second kappa shape index (κ2) is 25.8. The third-order valence-electron chi connectivity index (χ3n) is 9.89. The van der Waals surface area contributed by atoms with Crippen molar-refractivity contribution in [1.82, 2.24) is 46.5 Å². The van der Waals surface area contributed by atoms with Gasteiger partial charge in [-0.1, -0.05) is 0 Å². The molecule has 0 bridgehead atoms. The number of carboxylic acids is 6. The molecule has 5 atom stereocenters. The zero-order valence-corrected chi connectivity index (χ0v) is 36.6. The van der Waals surface area contributed by atoms with Gasteiger partial charge in [-0.2, -0.15) is 9.97 Å². The van der Waals surface area contributed by atoms with Crippen molar-refractivity contribution in [3.8, 4) is 0 Å². The van der Waals surface area contributed by atoms with E-state index in [1.165, 1.54) is 18.3 Å². The Kier molecular flexibility index (Phi) is 20.4. The van der Waals surface area contributed by atoms with E-state index in [0.29, 0.717) is 11.4 Å². The molecule has 5 amide bonds. The van der Waals surface area contributed by atoms with Crippen molar-refractivity contribution in [2.45, 2.75) is 101 Å². The Bertz CT molecular complexity index is 2440. The average molecular weight is 971 g/mol. The SMILES string of the molecule is CN(Cc1cnc2nc(N)nc(N)c2n1)c1ccc(C(=O)NC(CCC(=O)NC(CCC(=O)NC(CCC(=O)NC(CCC(=O)NC(CCC(=O)O)C(=O)O)C(=O)O)C(=O)O)C(=O)O)C(=O)O)cc1. The Morgan fingerprint density at radius 2 is 0.913 bits per heavy atom. The molecule has 69 heavy (non-hydrogen) atoms. The number of carbonyl (C=O) groups is 11. The van der Waals surface area contributed by atoms with Crippen LogP contribution in [0.15, 0.2) is 30.5 Å². The number of hydrogen-bond donors (Lipinski definition) is 13. The zero-order valence-electron chi connectivity index (χ0n) is 36.6. The monoisotopic (exact) mass is 970 g/mol. The molecule has 0 saturated heterocycles. The van der Waals surface area contributed by atoms with Gasteiger partial charge in [0.15, 0.2) is 17.0 Å². The summed E-state index contributed by atoms with van der Waals surface area (Å²) in [4.78, 5) is 151. The second-order valence-electron chi connectivity index (χ2n) is 15.2. The summed E-state index contributed by atoms with van der Waals surface area (Å²) in [6, 6.07) is -2.25. The number of nitrogens with zero attached hydrogens (tertiary/aromatic N) is 5. The molecular formula is C40H50N12O17. The fourth-order valence-corrected chi connectivity index (χ4v) is 6.22. The summed E-state index contributed by atoms with van der Waals surface area (Å²) in [5.41, 5.74) is 13.2.